The van der Waals surface area contributed by atoms with Crippen LogP contribution in [-0.2, 0) is 4.79 Å². The monoisotopic (exact) mass is 402 g/mol. The molecular weight excluding hydrogens is 380 g/mol. The highest BCUT2D eigenvalue weighted by Gasteiger charge is 2.16. The summed E-state index contributed by atoms with van der Waals surface area (Å²) in [5.74, 6) is 0.733. The Kier molecular flexibility index (Phi) is 5.53. The molecule has 2 heterocycles. The number of nitrogens with zero attached hydrogens (tertiary/aromatic N) is 2. The van der Waals surface area contributed by atoms with E-state index in [1.165, 1.54) is 10.4 Å². The summed E-state index contributed by atoms with van der Waals surface area (Å²) >= 11 is 1.66. The van der Waals surface area contributed by atoms with Crippen LogP contribution in [0.1, 0.15) is 16.9 Å². The van der Waals surface area contributed by atoms with Crippen LogP contribution in [0.3, 0.4) is 0 Å². The number of hydrogen-bond acceptors (Lipinski definition) is 5. The van der Waals surface area contributed by atoms with Crippen LogP contribution >= 0.6 is 11.3 Å². The normalized spacial score (nSPS) is 10.8. The molecule has 5 nitrogen and oxygen atoms in total. The minimum atomic E-state index is -0.0331. The second-order valence-corrected chi connectivity index (χ2v) is 8.10. The van der Waals surface area contributed by atoms with Crippen LogP contribution in [0.15, 0.2) is 60.9 Å². The van der Waals surface area contributed by atoms with Gasteiger partial charge in [-0.1, -0.05) is 48.0 Å². The summed E-state index contributed by atoms with van der Waals surface area (Å²) < 4.78 is 0. The number of thiophene rings is 1. The van der Waals surface area contributed by atoms with E-state index in [1.54, 1.807) is 17.7 Å². The molecule has 0 unspecified atom stereocenters. The lowest BCUT2D eigenvalue weighted by Gasteiger charge is -2.10. The number of rotatable bonds is 6. The van der Waals surface area contributed by atoms with Gasteiger partial charge < -0.3 is 10.6 Å². The Bertz CT molecular complexity index is 1140. The maximum atomic E-state index is 12.2. The molecule has 0 aliphatic heterocycles. The molecule has 0 saturated carbocycles. The van der Waals surface area contributed by atoms with Crippen LogP contribution in [0, 0.1) is 13.8 Å². The molecule has 4 aromatic rings. The largest absolute Gasteiger partial charge is 0.369 e. The van der Waals surface area contributed by atoms with Gasteiger partial charge in [-0.3, -0.25) is 4.79 Å². The van der Waals surface area contributed by atoms with E-state index in [2.05, 4.69) is 58.7 Å². The number of fused-ring (bicyclic) bond motifs is 1. The quantitative estimate of drug-likeness (QED) is 0.452. The number of aryl methyl sites for hydroxylation is 2. The molecule has 4 rings (SSSR count). The van der Waals surface area contributed by atoms with E-state index in [-0.39, 0.29) is 5.91 Å². The van der Waals surface area contributed by atoms with Crippen molar-refractivity contribution in [1.29, 1.82) is 0 Å². The van der Waals surface area contributed by atoms with Crippen molar-refractivity contribution in [3.63, 3.8) is 0 Å². The standard InChI is InChI=1S/C23H22N4OS/c1-15-8-10-17(11-9-15)20-16(2)29-23-21(20)22(25-14-26-23)24-13-12-19(28)27-18-6-4-3-5-7-18/h3-11,14H,12-13H2,1-2H3,(H,27,28)(H,24,25,26). The van der Waals surface area contributed by atoms with Gasteiger partial charge in [0.1, 0.15) is 17.0 Å². The van der Waals surface area contributed by atoms with E-state index >= 15 is 0 Å². The third-order valence-corrected chi connectivity index (χ3v) is 5.72. The molecule has 2 aromatic heterocycles. The number of amides is 1. The Morgan fingerprint density at radius 3 is 2.52 bits per heavy atom. The van der Waals surface area contributed by atoms with Gasteiger partial charge in [-0.25, -0.2) is 9.97 Å². The van der Waals surface area contributed by atoms with Gasteiger partial charge in [0.25, 0.3) is 0 Å². The predicted molar refractivity (Wildman–Crippen MR) is 121 cm³/mol. The molecule has 0 bridgehead atoms. The van der Waals surface area contributed by atoms with Crippen molar-refractivity contribution in [2.45, 2.75) is 20.3 Å². The van der Waals surface area contributed by atoms with E-state index in [9.17, 15) is 4.79 Å². The first-order valence-electron chi connectivity index (χ1n) is 9.52. The van der Waals surface area contributed by atoms with Gasteiger partial charge in [-0.15, -0.1) is 11.3 Å². The van der Waals surface area contributed by atoms with E-state index in [0.717, 1.165) is 32.8 Å². The average Bonchev–Trinajstić information content (AvgIpc) is 3.06. The number of aromatic nitrogens is 2. The molecular formula is C23H22N4OS. The smallest absolute Gasteiger partial charge is 0.226 e. The molecule has 0 fully saturated rings. The summed E-state index contributed by atoms with van der Waals surface area (Å²) in [6, 6.07) is 18.0. The first kappa shape index (κ1) is 19.1. The number of benzene rings is 2. The summed E-state index contributed by atoms with van der Waals surface area (Å²) in [6.07, 6.45) is 1.92. The van der Waals surface area contributed by atoms with Crippen molar-refractivity contribution in [1.82, 2.24) is 9.97 Å². The third-order valence-electron chi connectivity index (χ3n) is 4.71. The fourth-order valence-corrected chi connectivity index (χ4v) is 4.30. The Labute approximate surface area is 173 Å². The Morgan fingerprint density at radius 1 is 1.00 bits per heavy atom. The highest BCUT2D eigenvalue weighted by atomic mass is 32.1. The van der Waals surface area contributed by atoms with Gasteiger partial charge in [-0.2, -0.15) is 0 Å². The summed E-state index contributed by atoms with van der Waals surface area (Å²) in [5, 5.41) is 7.25. The van der Waals surface area contributed by atoms with Crippen LogP contribution in [-0.4, -0.2) is 22.4 Å². The highest BCUT2D eigenvalue weighted by Crippen LogP contribution is 2.40. The number of nitrogens with one attached hydrogen (secondary N) is 2. The first-order chi connectivity index (χ1) is 14.1. The van der Waals surface area contributed by atoms with Gasteiger partial charge in [0.05, 0.1) is 5.39 Å². The molecule has 0 radical (unpaired) electrons. The molecule has 2 N–H and O–H groups in total. The Hall–Kier alpha value is -3.25. The molecule has 29 heavy (non-hydrogen) atoms. The molecule has 0 aliphatic rings. The van der Waals surface area contributed by atoms with Crippen LogP contribution in [0.2, 0.25) is 0 Å². The fraction of sp³-hybridized carbons (Fsp3) is 0.174. The fourth-order valence-electron chi connectivity index (χ4n) is 3.29. The van der Waals surface area contributed by atoms with Crippen molar-refractivity contribution >= 4 is 39.0 Å². The topological polar surface area (TPSA) is 66.9 Å². The SMILES string of the molecule is Cc1ccc(-c2c(C)sc3ncnc(NCCC(=O)Nc4ccccc4)c23)cc1. The van der Waals surface area contributed by atoms with E-state index in [4.69, 9.17) is 0 Å². The molecule has 146 valence electrons. The summed E-state index contributed by atoms with van der Waals surface area (Å²) in [4.78, 5) is 23.3. The van der Waals surface area contributed by atoms with Crippen molar-refractivity contribution in [3.8, 4) is 11.1 Å². The van der Waals surface area contributed by atoms with Crippen LogP contribution in [0.5, 0.6) is 0 Å². The van der Waals surface area contributed by atoms with Gasteiger partial charge >= 0.3 is 0 Å². The molecule has 0 spiro atoms. The maximum absolute atomic E-state index is 12.2. The van der Waals surface area contributed by atoms with E-state index in [0.29, 0.717) is 13.0 Å². The second-order valence-electron chi connectivity index (χ2n) is 6.89. The molecule has 0 saturated heterocycles. The number of para-hydroxylation sites is 1. The second kappa shape index (κ2) is 8.41. The lowest BCUT2D eigenvalue weighted by atomic mass is 10.0. The number of carbonyl (C=O) groups is 1. The van der Waals surface area contributed by atoms with Crippen molar-refractivity contribution in [2.75, 3.05) is 17.2 Å². The zero-order valence-electron chi connectivity index (χ0n) is 16.4. The number of anilines is 2. The maximum Gasteiger partial charge on any atom is 0.226 e. The van der Waals surface area contributed by atoms with Crippen LogP contribution in [0.4, 0.5) is 11.5 Å². The van der Waals surface area contributed by atoms with E-state index < -0.39 is 0 Å². The molecule has 0 atom stereocenters. The minimum absolute atomic E-state index is 0.0331. The van der Waals surface area contributed by atoms with Crippen molar-refractivity contribution in [2.24, 2.45) is 0 Å². The average molecular weight is 403 g/mol. The first-order valence-corrected chi connectivity index (χ1v) is 10.3. The minimum Gasteiger partial charge on any atom is -0.369 e. The van der Waals surface area contributed by atoms with Crippen LogP contribution < -0.4 is 10.6 Å². The van der Waals surface area contributed by atoms with Gasteiger partial charge in [0.2, 0.25) is 5.91 Å². The Morgan fingerprint density at radius 2 is 1.76 bits per heavy atom. The predicted octanol–water partition coefficient (Wildman–Crippen LogP) is 5.42. The van der Waals surface area contributed by atoms with Gasteiger partial charge in [0.15, 0.2) is 0 Å². The third kappa shape index (κ3) is 4.27. The zero-order chi connectivity index (χ0) is 20.2. The van der Waals surface area contributed by atoms with Crippen molar-refractivity contribution in [3.05, 3.63) is 71.4 Å². The van der Waals surface area contributed by atoms with Gasteiger partial charge in [0, 0.05) is 29.1 Å². The van der Waals surface area contributed by atoms with Crippen LogP contribution in [0.25, 0.3) is 21.3 Å². The number of hydrogen-bond donors (Lipinski definition) is 2. The molecule has 2 aromatic carbocycles. The van der Waals surface area contributed by atoms with E-state index in [1.807, 2.05) is 30.3 Å². The highest BCUT2D eigenvalue weighted by molar-refractivity contribution is 7.19. The van der Waals surface area contributed by atoms with Gasteiger partial charge in [-0.05, 0) is 31.5 Å². The number of carbonyl (C=O) groups excluding carboxylic acids is 1. The molecule has 6 heteroatoms. The lowest BCUT2D eigenvalue weighted by molar-refractivity contribution is -0.115. The summed E-state index contributed by atoms with van der Waals surface area (Å²) in [5.41, 5.74) is 4.34. The summed E-state index contributed by atoms with van der Waals surface area (Å²) in [6.45, 7) is 4.69. The Balaban J connectivity index is 1.53. The lowest BCUT2D eigenvalue weighted by Crippen LogP contribution is -2.16. The summed E-state index contributed by atoms with van der Waals surface area (Å²) in [7, 11) is 0. The molecule has 0 aliphatic carbocycles. The molecule has 1 amide bonds. The van der Waals surface area contributed by atoms with Crippen molar-refractivity contribution < 1.29 is 4.79 Å². The zero-order valence-corrected chi connectivity index (χ0v) is 17.2.